The lowest BCUT2D eigenvalue weighted by atomic mass is 10.1. The van der Waals surface area contributed by atoms with Gasteiger partial charge in [0, 0.05) is 30.9 Å². The maximum atomic E-state index is 10.6. The van der Waals surface area contributed by atoms with Crippen LogP contribution in [0.4, 0.5) is 26.3 Å². The third-order valence-electron chi connectivity index (χ3n) is 5.15. The van der Waals surface area contributed by atoms with Crippen LogP contribution in [0.3, 0.4) is 0 Å². The van der Waals surface area contributed by atoms with Crippen LogP contribution in [0.5, 0.6) is 5.75 Å². The number of benzene rings is 1. The van der Waals surface area contributed by atoms with Crippen molar-refractivity contribution in [1.29, 1.82) is 0 Å². The molecule has 1 aliphatic heterocycles. The van der Waals surface area contributed by atoms with E-state index in [4.69, 9.17) is 24.5 Å². The summed E-state index contributed by atoms with van der Waals surface area (Å²) in [4.78, 5) is 29.5. The van der Waals surface area contributed by atoms with Crippen LogP contribution in [0.1, 0.15) is 17.2 Å². The Bertz CT molecular complexity index is 1240. The van der Waals surface area contributed by atoms with Crippen molar-refractivity contribution in [2.45, 2.75) is 38.9 Å². The highest BCUT2D eigenvalue weighted by Gasteiger charge is 2.38. The number of carbonyl (C=O) groups is 2. The molecule has 0 fully saturated rings. The molecular weight excluding hydrogens is 538 g/mol. The summed E-state index contributed by atoms with van der Waals surface area (Å²) in [6.07, 6.45) is -8.19. The van der Waals surface area contributed by atoms with Crippen molar-refractivity contribution in [3.05, 3.63) is 65.9 Å². The molecule has 0 atom stereocenters. The second kappa shape index (κ2) is 13.1. The summed E-state index contributed by atoms with van der Waals surface area (Å²) in [5, 5.41) is 14.2. The molecule has 1 aliphatic rings. The number of ether oxygens (including phenoxy) is 1. The van der Waals surface area contributed by atoms with Gasteiger partial charge in [-0.25, -0.2) is 14.6 Å². The molecule has 39 heavy (non-hydrogen) atoms. The average molecular weight is 562 g/mol. The van der Waals surface area contributed by atoms with Crippen molar-refractivity contribution in [3.8, 4) is 17.0 Å². The fourth-order valence-electron chi connectivity index (χ4n) is 3.35. The number of imidazole rings is 1. The van der Waals surface area contributed by atoms with Crippen LogP contribution in [0, 0.1) is 6.92 Å². The Balaban J connectivity index is 0.000000317. The first-order valence-electron chi connectivity index (χ1n) is 11.1. The molecule has 0 bridgehead atoms. The first kappa shape index (κ1) is 31.1. The zero-order valence-electron chi connectivity index (χ0n) is 20.6. The summed E-state index contributed by atoms with van der Waals surface area (Å²) in [5.74, 6) is -3.52. The number of aliphatic carboxylic acids is 2. The van der Waals surface area contributed by atoms with Crippen molar-refractivity contribution in [2.75, 3.05) is 13.7 Å². The number of rotatable bonds is 4. The maximum absolute atomic E-state index is 10.6. The first-order valence-corrected chi connectivity index (χ1v) is 11.1. The summed E-state index contributed by atoms with van der Waals surface area (Å²) in [5.41, 5.74) is 4.53. The number of nitrogens with zero attached hydrogens (tertiary/aromatic N) is 4. The minimum Gasteiger partial charge on any atom is -0.497 e. The molecule has 0 aliphatic carbocycles. The second-order valence-electron chi connectivity index (χ2n) is 8.03. The van der Waals surface area contributed by atoms with E-state index in [1.807, 2.05) is 31.3 Å². The van der Waals surface area contributed by atoms with Crippen LogP contribution in [0.15, 0.2) is 48.7 Å². The second-order valence-corrected chi connectivity index (χ2v) is 8.03. The number of carboxylic acid groups (broad SMARTS) is 2. The van der Waals surface area contributed by atoms with Gasteiger partial charge < -0.3 is 19.5 Å². The predicted octanol–water partition coefficient (Wildman–Crippen LogP) is 4.54. The number of hydrogen-bond donors (Lipinski definition) is 2. The van der Waals surface area contributed by atoms with E-state index in [-0.39, 0.29) is 0 Å². The smallest absolute Gasteiger partial charge is 0.490 e. The number of carboxylic acids is 2. The van der Waals surface area contributed by atoms with Gasteiger partial charge in [-0.3, -0.25) is 9.88 Å². The molecule has 0 spiro atoms. The molecule has 9 nitrogen and oxygen atoms in total. The van der Waals surface area contributed by atoms with E-state index in [9.17, 15) is 26.3 Å². The Hall–Kier alpha value is -4.14. The Morgan fingerprint density at radius 3 is 2.00 bits per heavy atom. The molecule has 212 valence electrons. The molecule has 0 amide bonds. The van der Waals surface area contributed by atoms with Crippen molar-refractivity contribution >= 4 is 11.9 Å². The fraction of sp³-hybridized carbons (Fsp3) is 0.333. The van der Waals surface area contributed by atoms with Crippen LogP contribution < -0.4 is 4.74 Å². The summed E-state index contributed by atoms with van der Waals surface area (Å²) in [6.45, 7) is 5.70. The molecule has 2 N–H and O–H groups in total. The number of alkyl halides is 6. The number of aromatic nitrogens is 3. The third kappa shape index (κ3) is 9.59. The van der Waals surface area contributed by atoms with Gasteiger partial charge in [0.1, 0.15) is 11.6 Å². The Morgan fingerprint density at radius 1 is 0.949 bits per heavy atom. The van der Waals surface area contributed by atoms with E-state index in [0.717, 1.165) is 49.1 Å². The molecular formula is C24H24F6N4O5. The molecule has 0 saturated heterocycles. The van der Waals surface area contributed by atoms with Gasteiger partial charge in [0.15, 0.2) is 0 Å². The van der Waals surface area contributed by atoms with Crippen LogP contribution in [0.25, 0.3) is 11.3 Å². The lowest BCUT2D eigenvalue weighted by Crippen LogP contribution is -2.33. The molecule has 3 heterocycles. The van der Waals surface area contributed by atoms with Gasteiger partial charge in [-0.1, -0.05) is 6.07 Å². The van der Waals surface area contributed by atoms with Gasteiger partial charge in [-0.15, -0.1) is 0 Å². The Labute approximate surface area is 218 Å². The number of aryl methyl sites for hydroxylation is 1. The quantitative estimate of drug-likeness (QED) is 0.445. The molecule has 3 aromatic rings. The van der Waals surface area contributed by atoms with Gasteiger partial charge in [-0.2, -0.15) is 26.3 Å². The average Bonchev–Trinajstić information content (AvgIpc) is 3.27. The van der Waals surface area contributed by atoms with E-state index in [2.05, 4.69) is 43.7 Å². The van der Waals surface area contributed by atoms with Gasteiger partial charge in [0.25, 0.3) is 0 Å². The highest BCUT2D eigenvalue weighted by atomic mass is 19.4. The normalized spacial score (nSPS) is 13.2. The lowest BCUT2D eigenvalue weighted by Gasteiger charge is -2.28. The fourth-order valence-corrected chi connectivity index (χ4v) is 3.35. The molecule has 15 heteroatoms. The molecule has 4 rings (SSSR count). The van der Waals surface area contributed by atoms with Crippen molar-refractivity contribution in [3.63, 3.8) is 0 Å². The largest absolute Gasteiger partial charge is 0.497 e. The molecule has 0 radical (unpaired) electrons. The van der Waals surface area contributed by atoms with E-state index in [1.54, 1.807) is 7.11 Å². The monoisotopic (exact) mass is 562 g/mol. The summed E-state index contributed by atoms with van der Waals surface area (Å²) in [7, 11) is 1.69. The van der Waals surface area contributed by atoms with Crippen LogP contribution in [-0.4, -0.2) is 67.6 Å². The zero-order valence-corrected chi connectivity index (χ0v) is 20.6. The zero-order chi connectivity index (χ0) is 29.4. The van der Waals surface area contributed by atoms with Crippen LogP contribution in [-0.2, 0) is 29.2 Å². The molecule has 1 aromatic carbocycles. The van der Waals surface area contributed by atoms with Gasteiger partial charge >= 0.3 is 24.3 Å². The Morgan fingerprint density at radius 2 is 1.51 bits per heavy atom. The topological polar surface area (TPSA) is 118 Å². The molecule has 0 saturated carbocycles. The maximum Gasteiger partial charge on any atom is 0.490 e. The third-order valence-corrected chi connectivity index (χ3v) is 5.15. The Kier molecular flexibility index (Phi) is 10.4. The van der Waals surface area contributed by atoms with E-state index >= 15 is 0 Å². The van der Waals surface area contributed by atoms with E-state index in [1.165, 1.54) is 11.3 Å². The van der Waals surface area contributed by atoms with Crippen LogP contribution in [0.2, 0.25) is 0 Å². The number of methoxy groups -OCH3 is 1. The summed E-state index contributed by atoms with van der Waals surface area (Å²) < 4.78 is 71.0. The van der Waals surface area contributed by atoms with Gasteiger partial charge in [-0.05, 0) is 43.3 Å². The number of pyridine rings is 1. The van der Waals surface area contributed by atoms with E-state index in [0.29, 0.717) is 0 Å². The first-order chi connectivity index (χ1) is 18.1. The van der Waals surface area contributed by atoms with E-state index < -0.39 is 24.3 Å². The summed E-state index contributed by atoms with van der Waals surface area (Å²) >= 11 is 0. The van der Waals surface area contributed by atoms with Crippen molar-refractivity contribution in [1.82, 2.24) is 19.4 Å². The molecule has 0 unspecified atom stereocenters. The number of halogens is 6. The van der Waals surface area contributed by atoms with Crippen molar-refractivity contribution in [2.24, 2.45) is 0 Å². The number of hydrogen-bond acceptors (Lipinski definition) is 6. The highest BCUT2D eigenvalue weighted by Crippen LogP contribution is 2.26. The lowest BCUT2D eigenvalue weighted by molar-refractivity contribution is -0.193. The minimum atomic E-state index is -5.08. The van der Waals surface area contributed by atoms with Crippen molar-refractivity contribution < 1.29 is 50.9 Å². The molecule has 2 aromatic heterocycles. The van der Waals surface area contributed by atoms with Gasteiger partial charge in [0.05, 0.1) is 31.2 Å². The van der Waals surface area contributed by atoms with Gasteiger partial charge in [0.2, 0.25) is 0 Å². The SMILES string of the molecule is COc1ccc(-c2cnc3n2CCN(Cc2cccc(C)n2)C3)cc1.O=C(O)C(F)(F)F.O=C(O)C(F)(F)F. The highest BCUT2D eigenvalue weighted by molar-refractivity contribution is 5.73. The number of fused-ring (bicyclic) bond motifs is 1. The minimum absolute atomic E-state index is 0.853. The van der Waals surface area contributed by atoms with Crippen LogP contribution >= 0.6 is 0 Å². The summed E-state index contributed by atoms with van der Waals surface area (Å²) in [6, 6.07) is 14.4. The standard InChI is InChI=1S/C20H22N4O.2C2HF3O2/c1-15-4-3-5-17(22-15)13-23-10-11-24-19(12-21-20(24)14-23)16-6-8-18(25-2)9-7-16;2*3-2(4,5)1(6)7/h3-9,12H,10-11,13-14H2,1-2H3;2*(H,6,7). The predicted molar refractivity (Wildman–Crippen MR) is 125 cm³/mol.